The van der Waals surface area contributed by atoms with Crippen LogP contribution in [0, 0.1) is 0 Å². The van der Waals surface area contributed by atoms with E-state index in [0.717, 1.165) is 32.1 Å². The number of carbonyl (C=O) groups is 2. The Kier molecular flexibility index (Phi) is 4.32. The van der Waals surface area contributed by atoms with Crippen LogP contribution >= 0.6 is 0 Å². The summed E-state index contributed by atoms with van der Waals surface area (Å²) in [6.45, 7) is 0. The Labute approximate surface area is 151 Å². The second-order valence-electron chi connectivity index (χ2n) is 6.76. The van der Waals surface area contributed by atoms with E-state index in [-0.39, 0.29) is 17.9 Å². The number of methoxy groups -OCH3 is 2. The highest BCUT2D eigenvalue weighted by Gasteiger charge is 2.52. The van der Waals surface area contributed by atoms with Crippen molar-refractivity contribution in [2.75, 3.05) is 14.2 Å². The first-order chi connectivity index (χ1) is 12.7. The molecule has 7 heteroatoms. The molecule has 2 amide bonds. The number of likely N-dealkylation sites (tertiary alicyclic amines) is 1. The van der Waals surface area contributed by atoms with Gasteiger partial charge in [-0.1, -0.05) is 19.3 Å². The van der Waals surface area contributed by atoms with Crippen LogP contribution in [-0.2, 0) is 14.4 Å². The maximum absolute atomic E-state index is 13.1. The van der Waals surface area contributed by atoms with Gasteiger partial charge < -0.3 is 9.47 Å². The number of hydrogen-bond acceptors (Lipinski definition) is 6. The minimum atomic E-state index is -0.883. The minimum Gasteiger partial charge on any atom is -0.497 e. The summed E-state index contributed by atoms with van der Waals surface area (Å²) in [5, 5.41) is 0. The summed E-state index contributed by atoms with van der Waals surface area (Å²) in [5.74, 6) is 0.654. The maximum Gasteiger partial charge on any atom is 0.266 e. The van der Waals surface area contributed by atoms with Crippen molar-refractivity contribution in [1.29, 1.82) is 0 Å². The van der Waals surface area contributed by atoms with E-state index >= 15 is 0 Å². The lowest BCUT2D eigenvalue weighted by molar-refractivity contribution is -0.146. The SMILES string of the molecule is COc1ccc(C2=C3C(=O)N(C4CCCCC4)C(=O)[C@H]3ON2)c(OC)c1. The number of fused-ring (bicyclic) bond motifs is 1. The summed E-state index contributed by atoms with van der Waals surface area (Å²) in [6.07, 6.45) is 4.10. The molecular weight excluding hydrogens is 336 g/mol. The van der Waals surface area contributed by atoms with Crippen LogP contribution in [0.4, 0.5) is 0 Å². The average molecular weight is 358 g/mol. The fraction of sp³-hybridized carbons (Fsp3) is 0.474. The van der Waals surface area contributed by atoms with Gasteiger partial charge >= 0.3 is 0 Å². The van der Waals surface area contributed by atoms with Crippen molar-refractivity contribution in [3.05, 3.63) is 29.3 Å². The van der Waals surface area contributed by atoms with Crippen LogP contribution in [0.3, 0.4) is 0 Å². The van der Waals surface area contributed by atoms with Crippen LogP contribution in [0.2, 0.25) is 0 Å². The second kappa shape index (κ2) is 6.64. The van der Waals surface area contributed by atoms with Gasteiger partial charge in [0.15, 0.2) is 6.10 Å². The van der Waals surface area contributed by atoms with Gasteiger partial charge in [0, 0.05) is 17.7 Å². The van der Waals surface area contributed by atoms with Crippen LogP contribution in [0.5, 0.6) is 11.5 Å². The Balaban J connectivity index is 1.73. The molecule has 0 aromatic heterocycles. The molecule has 0 spiro atoms. The molecule has 7 nitrogen and oxygen atoms in total. The summed E-state index contributed by atoms with van der Waals surface area (Å²) >= 11 is 0. The van der Waals surface area contributed by atoms with Gasteiger partial charge in [-0.2, -0.15) is 0 Å². The Hall–Kier alpha value is -2.54. The van der Waals surface area contributed by atoms with Crippen molar-refractivity contribution >= 4 is 17.5 Å². The van der Waals surface area contributed by atoms with Gasteiger partial charge in [0.2, 0.25) is 0 Å². The molecule has 2 heterocycles. The van der Waals surface area contributed by atoms with Crippen LogP contribution in [-0.4, -0.2) is 43.1 Å². The number of amides is 2. The molecule has 1 atom stereocenters. The Morgan fingerprint density at radius 3 is 2.58 bits per heavy atom. The van der Waals surface area contributed by atoms with E-state index in [9.17, 15) is 9.59 Å². The predicted octanol–water partition coefficient (Wildman–Crippen LogP) is 2.02. The number of hydrogen-bond donors (Lipinski definition) is 1. The topological polar surface area (TPSA) is 77.1 Å². The highest BCUT2D eigenvalue weighted by Crippen LogP contribution is 2.39. The molecule has 1 aliphatic carbocycles. The summed E-state index contributed by atoms with van der Waals surface area (Å²) < 4.78 is 10.7. The highest BCUT2D eigenvalue weighted by atomic mass is 16.7. The lowest BCUT2D eigenvalue weighted by atomic mass is 9.94. The first-order valence-corrected chi connectivity index (χ1v) is 8.91. The molecule has 1 saturated carbocycles. The second-order valence-corrected chi connectivity index (χ2v) is 6.76. The zero-order chi connectivity index (χ0) is 18.3. The molecule has 3 aliphatic rings. The first-order valence-electron chi connectivity index (χ1n) is 8.91. The van der Waals surface area contributed by atoms with Crippen LogP contribution in [0.1, 0.15) is 37.7 Å². The normalized spacial score (nSPS) is 23.3. The van der Waals surface area contributed by atoms with E-state index in [1.165, 1.54) is 4.90 Å². The molecule has 26 heavy (non-hydrogen) atoms. The monoisotopic (exact) mass is 358 g/mol. The summed E-state index contributed by atoms with van der Waals surface area (Å²) in [4.78, 5) is 32.7. The highest BCUT2D eigenvalue weighted by molar-refractivity contribution is 6.20. The number of carbonyl (C=O) groups excluding carboxylic acids is 2. The Bertz CT molecular complexity index is 782. The van der Waals surface area contributed by atoms with Gasteiger partial charge in [-0.3, -0.25) is 24.8 Å². The fourth-order valence-corrected chi connectivity index (χ4v) is 4.00. The smallest absolute Gasteiger partial charge is 0.266 e. The molecular formula is C19H22N2O5. The molecule has 2 fully saturated rings. The fourth-order valence-electron chi connectivity index (χ4n) is 4.00. The van der Waals surface area contributed by atoms with E-state index < -0.39 is 6.10 Å². The molecule has 138 valence electrons. The molecule has 1 aromatic rings. The molecule has 2 aliphatic heterocycles. The summed E-state index contributed by atoms with van der Waals surface area (Å²) in [6, 6.07) is 5.28. The van der Waals surface area contributed by atoms with Crippen molar-refractivity contribution < 1.29 is 23.9 Å². The van der Waals surface area contributed by atoms with Gasteiger partial charge in [0.1, 0.15) is 11.5 Å². The Morgan fingerprint density at radius 2 is 1.88 bits per heavy atom. The molecule has 1 saturated heterocycles. The quantitative estimate of drug-likeness (QED) is 0.830. The first kappa shape index (κ1) is 16.9. The Morgan fingerprint density at radius 1 is 1.12 bits per heavy atom. The number of rotatable bonds is 4. The summed E-state index contributed by atoms with van der Waals surface area (Å²) in [7, 11) is 3.12. The minimum absolute atomic E-state index is 0.0236. The standard InChI is InChI=1S/C19H22N2O5/c1-24-12-8-9-13(14(10-12)25-2)16-15-17(26-20-16)19(23)21(18(15)22)11-6-4-3-5-7-11/h8-11,17,20H,3-7H2,1-2H3/t17-/m0/s1. The van der Waals surface area contributed by atoms with Gasteiger partial charge in [-0.15, -0.1) is 0 Å². The molecule has 0 bridgehead atoms. The zero-order valence-electron chi connectivity index (χ0n) is 14.9. The predicted molar refractivity (Wildman–Crippen MR) is 93.2 cm³/mol. The number of ether oxygens (including phenoxy) is 2. The van der Waals surface area contributed by atoms with Crippen LogP contribution in [0.15, 0.2) is 23.8 Å². The lowest BCUT2D eigenvalue weighted by Gasteiger charge is -2.29. The van der Waals surface area contributed by atoms with Crippen molar-refractivity contribution in [3.63, 3.8) is 0 Å². The average Bonchev–Trinajstić information content (AvgIpc) is 3.22. The third-order valence-electron chi connectivity index (χ3n) is 5.34. The van der Waals surface area contributed by atoms with Crippen molar-refractivity contribution in [3.8, 4) is 11.5 Å². The van der Waals surface area contributed by atoms with E-state index in [2.05, 4.69) is 5.48 Å². The number of nitrogens with zero attached hydrogens (tertiary/aromatic N) is 1. The van der Waals surface area contributed by atoms with Crippen molar-refractivity contribution in [1.82, 2.24) is 10.4 Å². The molecule has 1 N–H and O–H groups in total. The van der Waals surface area contributed by atoms with E-state index in [1.807, 2.05) is 0 Å². The maximum atomic E-state index is 13.1. The van der Waals surface area contributed by atoms with Gasteiger partial charge in [0.25, 0.3) is 11.8 Å². The largest absolute Gasteiger partial charge is 0.497 e. The van der Waals surface area contributed by atoms with Gasteiger partial charge in [0.05, 0.1) is 25.5 Å². The van der Waals surface area contributed by atoms with Crippen molar-refractivity contribution in [2.45, 2.75) is 44.2 Å². The summed E-state index contributed by atoms with van der Waals surface area (Å²) in [5.41, 5.74) is 4.28. The third kappa shape index (κ3) is 2.54. The van der Waals surface area contributed by atoms with Gasteiger partial charge in [-0.25, -0.2) is 0 Å². The number of nitrogens with one attached hydrogen (secondary N) is 1. The molecule has 4 rings (SSSR count). The molecule has 1 aromatic carbocycles. The van der Waals surface area contributed by atoms with Crippen molar-refractivity contribution in [2.24, 2.45) is 0 Å². The lowest BCUT2D eigenvalue weighted by Crippen LogP contribution is -2.43. The third-order valence-corrected chi connectivity index (χ3v) is 5.34. The molecule has 0 radical (unpaired) electrons. The van der Waals surface area contributed by atoms with Crippen LogP contribution in [0.25, 0.3) is 5.70 Å². The van der Waals surface area contributed by atoms with Gasteiger partial charge in [-0.05, 0) is 25.0 Å². The van der Waals surface area contributed by atoms with E-state index in [1.54, 1.807) is 32.4 Å². The number of imide groups is 1. The zero-order valence-corrected chi connectivity index (χ0v) is 14.9. The van der Waals surface area contributed by atoms with Crippen LogP contribution < -0.4 is 15.0 Å². The number of benzene rings is 1. The van der Waals surface area contributed by atoms with E-state index in [4.69, 9.17) is 14.3 Å². The number of hydroxylamine groups is 1. The van der Waals surface area contributed by atoms with E-state index in [0.29, 0.717) is 28.3 Å². The molecule has 0 unspecified atom stereocenters.